The average Bonchev–Trinajstić information content (AvgIpc) is 2.96. The summed E-state index contributed by atoms with van der Waals surface area (Å²) in [6, 6.07) is 2.25. The fraction of sp³-hybridized carbons (Fsp3) is 0.786. The molecule has 0 atom stereocenters. The van der Waals surface area contributed by atoms with Gasteiger partial charge >= 0.3 is 0 Å². The molecule has 1 aliphatic rings. The smallest absolute Gasteiger partial charge is 0.0596 e. The molecule has 1 aromatic heterocycles. The summed E-state index contributed by atoms with van der Waals surface area (Å²) in [6.07, 6.45) is 5.16. The van der Waals surface area contributed by atoms with Gasteiger partial charge in [0, 0.05) is 18.8 Å². The van der Waals surface area contributed by atoms with E-state index in [2.05, 4.69) is 41.9 Å². The lowest BCUT2D eigenvalue weighted by molar-refractivity contribution is 0.437. The van der Waals surface area contributed by atoms with Crippen LogP contribution in [-0.2, 0) is 13.0 Å². The number of rotatable bonds is 7. The number of hydrogen-bond acceptors (Lipinski definition) is 2. The summed E-state index contributed by atoms with van der Waals surface area (Å²) in [5, 5.41) is 8.11. The summed E-state index contributed by atoms with van der Waals surface area (Å²) >= 11 is 0. The van der Waals surface area contributed by atoms with Gasteiger partial charge in [0.15, 0.2) is 0 Å². The minimum absolute atomic E-state index is 0.536. The minimum atomic E-state index is 0.536. The van der Waals surface area contributed by atoms with E-state index in [4.69, 9.17) is 0 Å². The molecule has 0 aromatic carbocycles. The second kappa shape index (κ2) is 5.21. The molecule has 1 saturated carbocycles. The first kappa shape index (κ1) is 12.6. The molecule has 1 aliphatic carbocycles. The van der Waals surface area contributed by atoms with E-state index in [1.807, 2.05) is 0 Å². The van der Waals surface area contributed by atoms with Gasteiger partial charge < -0.3 is 5.32 Å². The molecule has 3 heteroatoms. The lowest BCUT2D eigenvalue weighted by Crippen LogP contribution is -2.26. The molecule has 0 spiro atoms. The van der Waals surface area contributed by atoms with Crippen molar-refractivity contribution in [2.24, 2.45) is 5.41 Å². The molecule has 0 amide bonds. The number of nitrogens with one attached hydrogen (secondary N) is 1. The highest BCUT2D eigenvalue weighted by Gasteiger charge is 2.42. The first-order valence-electron chi connectivity index (χ1n) is 6.93. The van der Waals surface area contributed by atoms with Crippen molar-refractivity contribution in [3.8, 4) is 0 Å². The third-order valence-corrected chi connectivity index (χ3v) is 3.73. The Labute approximate surface area is 105 Å². The van der Waals surface area contributed by atoms with E-state index in [-0.39, 0.29) is 0 Å². The lowest BCUT2D eigenvalue weighted by atomic mass is 10.00. The SMILES string of the molecule is CCCNCC1(Cc2cc(C)nn2CC)CC1. The third-order valence-electron chi connectivity index (χ3n) is 3.73. The van der Waals surface area contributed by atoms with E-state index >= 15 is 0 Å². The Kier molecular flexibility index (Phi) is 3.87. The Morgan fingerprint density at radius 3 is 2.76 bits per heavy atom. The molecule has 2 rings (SSSR count). The second-order valence-corrected chi connectivity index (χ2v) is 5.45. The highest BCUT2D eigenvalue weighted by Crippen LogP contribution is 2.47. The first-order valence-corrected chi connectivity index (χ1v) is 6.93. The highest BCUT2D eigenvalue weighted by atomic mass is 15.3. The summed E-state index contributed by atoms with van der Waals surface area (Å²) in [7, 11) is 0. The maximum Gasteiger partial charge on any atom is 0.0596 e. The van der Waals surface area contributed by atoms with Crippen LogP contribution in [0.2, 0.25) is 0 Å². The first-order chi connectivity index (χ1) is 8.19. The topological polar surface area (TPSA) is 29.9 Å². The van der Waals surface area contributed by atoms with Crippen molar-refractivity contribution in [2.75, 3.05) is 13.1 Å². The van der Waals surface area contributed by atoms with Crippen LogP contribution in [0.3, 0.4) is 0 Å². The van der Waals surface area contributed by atoms with Crippen LogP contribution in [0.4, 0.5) is 0 Å². The maximum absolute atomic E-state index is 4.53. The number of nitrogens with zero attached hydrogens (tertiary/aromatic N) is 2. The van der Waals surface area contributed by atoms with E-state index in [0.29, 0.717) is 5.41 Å². The molecule has 1 N–H and O–H groups in total. The van der Waals surface area contributed by atoms with E-state index in [9.17, 15) is 0 Å². The zero-order valence-corrected chi connectivity index (χ0v) is 11.4. The van der Waals surface area contributed by atoms with E-state index in [1.165, 1.54) is 37.9 Å². The van der Waals surface area contributed by atoms with Gasteiger partial charge in [0.05, 0.1) is 5.69 Å². The van der Waals surface area contributed by atoms with Gasteiger partial charge in [-0.05, 0) is 57.6 Å². The van der Waals surface area contributed by atoms with Gasteiger partial charge in [-0.3, -0.25) is 4.68 Å². The molecular weight excluding hydrogens is 210 g/mol. The van der Waals surface area contributed by atoms with Gasteiger partial charge in [0.25, 0.3) is 0 Å². The summed E-state index contributed by atoms with van der Waals surface area (Å²) in [6.45, 7) is 9.79. The molecule has 0 aliphatic heterocycles. The van der Waals surface area contributed by atoms with Crippen molar-refractivity contribution in [1.82, 2.24) is 15.1 Å². The second-order valence-electron chi connectivity index (χ2n) is 5.45. The molecule has 0 radical (unpaired) electrons. The zero-order valence-electron chi connectivity index (χ0n) is 11.4. The Morgan fingerprint density at radius 2 is 2.18 bits per heavy atom. The van der Waals surface area contributed by atoms with Gasteiger partial charge in [-0.1, -0.05) is 6.92 Å². The Bertz CT molecular complexity index is 364. The van der Waals surface area contributed by atoms with Crippen LogP contribution in [0.15, 0.2) is 6.07 Å². The van der Waals surface area contributed by atoms with Gasteiger partial charge in [0.1, 0.15) is 0 Å². The van der Waals surface area contributed by atoms with Crippen LogP contribution in [0.5, 0.6) is 0 Å². The lowest BCUT2D eigenvalue weighted by Gasteiger charge is -2.16. The van der Waals surface area contributed by atoms with Crippen molar-refractivity contribution < 1.29 is 0 Å². The summed E-state index contributed by atoms with van der Waals surface area (Å²) in [5.41, 5.74) is 3.11. The fourth-order valence-corrected chi connectivity index (χ4v) is 2.52. The van der Waals surface area contributed by atoms with E-state index < -0.39 is 0 Å². The van der Waals surface area contributed by atoms with Gasteiger partial charge in [-0.25, -0.2) is 0 Å². The Hall–Kier alpha value is -0.830. The third kappa shape index (κ3) is 3.09. The van der Waals surface area contributed by atoms with Crippen LogP contribution in [0.25, 0.3) is 0 Å². The molecule has 17 heavy (non-hydrogen) atoms. The molecule has 1 heterocycles. The normalized spacial score (nSPS) is 17.4. The quantitative estimate of drug-likeness (QED) is 0.736. The molecule has 1 fully saturated rings. The molecule has 1 aromatic rings. The largest absolute Gasteiger partial charge is 0.316 e. The van der Waals surface area contributed by atoms with Crippen molar-refractivity contribution in [3.63, 3.8) is 0 Å². The number of hydrogen-bond donors (Lipinski definition) is 1. The van der Waals surface area contributed by atoms with Crippen molar-refractivity contribution in [3.05, 3.63) is 17.5 Å². The van der Waals surface area contributed by atoms with Crippen molar-refractivity contribution >= 4 is 0 Å². The van der Waals surface area contributed by atoms with Gasteiger partial charge in [0.2, 0.25) is 0 Å². The predicted octanol–water partition coefficient (Wildman–Crippen LogP) is 2.53. The molecule has 0 bridgehead atoms. The van der Waals surface area contributed by atoms with Crippen LogP contribution in [0.1, 0.15) is 44.5 Å². The maximum atomic E-state index is 4.53. The average molecular weight is 235 g/mol. The van der Waals surface area contributed by atoms with E-state index in [1.54, 1.807) is 0 Å². The van der Waals surface area contributed by atoms with Crippen molar-refractivity contribution in [2.45, 2.75) is 53.0 Å². The van der Waals surface area contributed by atoms with Crippen LogP contribution in [0, 0.1) is 12.3 Å². The summed E-state index contributed by atoms with van der Waals surface area (Å²) in [4.78, 5) is 0. The standard InChI is InChI=1S/C14H25N3/c1-4-8-15-11-14(6-7-14)10-13-9-12(3)16-17(13)5-2/h9,15H,4-8,10-11H2,1-3H3. The molecule has 3 nitrogen and oxygen atoms in total. The van der Waals surface area contributed by atoms with Crippen LogP contribution >= 0.6 is 0 Å². The summed E-state index contributed by atoms with van der Waals surface area (Å²) < 4.78 is 2.16. The number of aryl methyl sites for hydroxylation is 2. The van der Waals surface area contributed by atoms with Crippen LogP contribution in [-0.4, -0.2) is 22.9 Å². The monoisotopic (exact) mass is 235 g/mol. The van der Waals surface area contributed by atoms with Crippen LogP contribution < -0.4 is 5.32 Å². The molecule has 0 unspecified atom stereocenters. The molecule has 96 valence electrons. The zero-order chi connectivity index (χ0) is 12.3. The predicted molar refractivity (Wildman–Crippen MR) is 71.2 cm³/mol. The molecule has 0 saturated heterocycles. The Balaban J connectivity index is 1.95. The van der Waals surface area contributed by atoms with Crippen molar-refractivity contribution in [1.29, 1.82) is 0 Å². The fourth-order valence-electron chi connectivity index (χ4n) is 2.52. The minimum Gasteiger partial charge on any atom is -0.316 e. The summed E-state index contributed by atoms with van der Waals surface area (Å²) in [5.74, 6) is 0. The van der Waals surface area contributed by atoms with E-state index in [0.717, 1.165) is 18.8 Å². The van der Waals surface area contributed by atoms with Gasteiger partial charge in [-0.2, -0.15) is 5.10 Å². The Morgan fingerprint density at radius 1 is 1.41 bits per heavy atom. The number of aromatic nitrogens is 2. The van der Waals surface area contributed by atoms with Gasteiger partial charge in [-0.15, -0.1) is 0 Å². The molecular formula is C14H25N3. The highest BCUT2D eigenvalue weighted by molar-refractivity contribution is 5.14.